The van der Waals surface area contributed by atoms with E-state index in [-0.39, 0.29) is 17.3 Å². The van der Waals surface area contributed by atoms with Gasteiger partial charge in [-0.25, -0.2) is 4.39 Å². The lowest BCUT2D eigenvalue weighted by atomic mass is 9.87. The number of nitrogens with one attached hydrogen (secondary N) is 1. The number of halogens is 1. The highest BCUT2D eigenvalue weighted by Crippen LogP contribution is 2.23. The van der Waals surface area contributed by atoms with Gasteiger partial charge in [-0.2, -0.15) is 5.26 Å². The smallest absolute Gasteiger partial charge is 0.125 e. The van der Waals surface area contributed by atoms with Gasteiger partial charge in [0, 0.05) is 5.69 Å². The third kappa shape index (κ3) is 3.23. The van der Waals surface area contributed by atoms with Crippen molar-refractivity contribution >= 4 is 5.69 Å². The van der Waals surface area contributed by atoms with Gasteiger partial charge in [-0.05, 0) is 36.1 Å². The van der Waals surface area contributed by atoms with Crippen molar-refractivity contribution in [2.24, 2.45) is 5.41 Å². The summed E-state index contributed by atoms with van der Waals surface area (Å²) in [6, 6.07) is 6.56. The molecule has 86 valence electrons. The van der Waals surface area contributed by atoms with E-state index < -0.39 is 0 Å². The highest BCUT2D eigenvalue weighted by Gasteiger charge is 2.24. The van der Waals surface area contributed by atoms with Crippen LogP contribution in [-0.2, 0) is 0 Å². The van der Waals surface area contributed by atoms with E-state index in [9.17, 15) is 4.39 Å². The summed E-state index contributed by atoms with van der Waals surface area (Å²) in [6.45, 7) is 7.74. The van der Waals surface area contributed by atoms with Gasteiger partial charge in [-0.1, -0.05) is 20.8 Å². The summed E-state index contributed by atoms with van der Waals surface area (Å²) in [5.41, 5.74) is 1.31. The molecule has 1 rings (SSSR count). The molecule has 16 heavy (non-hydrogen) atoms. The number of benzene rings is 1. The minimum absolute atomic E-state index is 0.186. The van der Waals surface area contributed by atoms with Gasteiger partial charge in [0.2, 0.25) is 0 Å². The Morgan fingerprint density at radius 2 is 1.94 bits per heavy atom. The van der Waals surface area contributed by atoms with Crippen LogP contribution in [0.4, 0.5) is 10.1 Å². The van der Waals surface area contributed by atoms with E-state index in [0.29, 0.717) is 5.69 Å². The molecule has 1 atom stereocenters. The molecule has 0 spiro atoms. The van der Waals surface area contributed by atoms with Crippen LogP contribution in [0, 0.1) is 29.5 Å². The topological polar surface area (TPSA) is 35.8 Å². The molecule has 2 nitrogen and oxygen atoms in total. The average molecular weight is 220 g/mol. The van der Waals surface area contributed by atoms with Gasteiger partial charge >= 0.3 is 0 Å². The predicted molar refractivity (Wildman–Crippen MR) is 63.6 cm³/mol. The Morgan fingerprint density at radius 3 is 2.38 bits per heavy atom. The fourth-order valence-corrected chi connectivity index (χ4v) is 1.43. The van der Waals surface area contributed by atoms with Crippen molar-refractivity contribution < 1.29 is 4.39 Å². The molecule has 1 unspecified atom stereocenters. The van der Waals surface area contributed by atoms with Gasteiger partial charge in [-0.3, -0.25) is 0 Å². The molecule has 1 N–H and O–H groups in total. The highest BCUT2D eigenvalue weighted by atomic mass is 19.1. The van der Waals surface area contributed by atoms with E-state index in [0.717, 1.165) is 5.56 Å². The zero-order valence-electron chi connectivity index (χ0n) is 10.1. The minimum atomic E-state index is -0.339. The van der Waals surface area contributed by atoms with Gasteiger partial charge in [0.15, 0.2) is 0 Å². The van der Waals surface area contributed by atoms with Crippen molar-refractivity contribution in [3.05, 3.63) is 29.6 Å². The maximum Gasteiger partial charge on any atom is 0.125 e. The highest BCUT2D eigenvalue weighted by molar-refractivity contribution is 5.48. The van der Waals surface area contributed by atoms with E-state index in [4.69, 9.17) is 5.26 Å². The predicted octanol–water partition coefficient (Wildman–Crippen LogP) is 3.48. The summed E-state index contributed by atoms with van der Waals surface area (Å²) in [4.78, 5) is 0. The molecule has 0 aliphatic rings. The Bertz CT molecular complexity index is 393. The quantitative estimate of drug-likeness (QED) is 0.828. The molecule has 3 heteroatoms. The summed E-state index contributed by atoms with van der Waals surface area (Å²) >= 11 is 0. The number of nitrogens with zero attached hydrogens (tertiary/aromatic N) is 1. The first-order valence-corrected chi connectivity index (χ1v) is 5.26. The molecule has 0 fully saturated rings. The van der Waals surface area contributed by atoms with Crippen LogP contribution in [0.15, 0.2) is 18.2 Å². The Balaban J connectivity index is 2.92. The number of anilines is 1. The van der Waals surface area contributed by atoms with Gasteiger partial charge in [0.1, 0.15) is 11.9 Å². The molecule has 0 aliphatic heterocycles. The van der Waals surface area contributed by atoms with Crippen LogP contribution < -0.4 is 5.32 Å². The first kappa shape index (κ1) is 12.5. The third-order valence-electron chi connectivity index (χ3n) is 2.35. The second-order valence-electron chi connectivity index (χ2n) is 5.09. The number of hydrogen-bond donors (Lipinski definition) is 1. The van der Waals surface area contributed by atoms with Crippen LogP contribution in [0.3, 0.4) is 0 Å². The Hall–Kier alpha value is -1.56. The van der Waals surface area contributed by atoms with Crippen molar-refractivity contribution in [3.8, 4) is 6.07 Å². The largest absolute Gasteiger partial charge is 0.369 e. The molecule has 0 bridgehead atoms. The monoisotopic (exact) mass is 220 g/mol. The lowest BCUT2D eigenvalue weighted by Crippen LogP contribution is -2.32. The fraction of sp³-hybridized carbons (Fsp3) is 0.462. The minimum Gasteiger partial charge on any atom is -0.369 e. The molecule has 1 aromatic rings. The lowest BCUT2D eigenvalue weighted by molar-refractivity contribution is 0.390. The summed E-state index contributed by atoms with van der Waals surface area (Å²) in [5.74, 6) is -0.284. The number of hydrogen-bond acceptors (Lipinski definition) is 2. The van der Waals surface area contributed by atoms with Crippen LogP contribution in [0.2, 0.25) is 0 Å². The van der Waals surface area contributed by atoms with Crippen molar-refractivity contribution in [2.75, 3.05) is 5.32 Å². The molecular formula is C13H17FN2. The summed E-state index contributed by atoms with van der Waals surface area (Å²) in [6.07, 6.45) is 0. The Kier molecular flexibility index (Phi) is 3.54. The number of aryl methyl sites for hydroxylation is 1. The van der Waals surface area contributed by atoms with Crippen molar-refractivity contribution in [1.29, 1.82) is 5.26 Å². The fourth-order valence-electron chi connectivity index (χ4n) is 1.43. The van der Waals surface area contributed by atoms with E-state index in [2.05, 4.69) is 11.4 Å². The van der Waals surface area contributed by atoms with Gasteiger partial charge in [0.05, 0.1) is 6.07 Å². The van der Waals surface area contributed by atoms with E-state index in [1.807, 2.05) is 33.8 Å². The average Bonchev–Trinajstić information content (AvgIpc) is 2.10. The zero-order valence-corrected chi connectivity index (χ0v) is 10.1. The van der Waals surface area contributed by atoms with Crippen LogP contribution >= 0.6 is 0 Å². The molecule has 0 amide bonds. The third-order valence-corrected chi connectivity index (χ3v) is 2.35. The zero-order chi connectivity index (χ0) is 12.3. The van der Waals surface area contributed by atoms with E-state index in [1.165, 1.54) is 12.1 Å². The molecular weight excluding hydrogens is 203 g/mol. The van der Waals surface area contributed by atoms with E-state index in [1.54, 1.807) is 0 Å². The van der Waals surface area contributed by atoms with Gasteiger partial charge < -0.3 is 5.32 Å². The van der Waals surface area contributed by atoms with Crippen LogP contribution in [-0.4, -0.2) is 6.04 Å². The SMILES string of the molecule is Cc1cc(F)cc(NC(C#N)C(C)(C)C)c1. The first-order valence-electron chi connectivity index (χ1n) is 5.26. The second-order valence-corrected chi connectivity index (χ2v) is 5.09. The van der Waals surface area contributed by atoms with Crippen molar-refractivity contribution in [3.63, 3.8) is 0 Å². The van der Waals surface area contributed by atoms with Crippen molar-refractivity contribution in [2.45, 2.75) is 33.7 Å². The molecule has 0 radical (unpaired) electrons. The molecule has 0 saturated carbocycles. The standard InChI is InChI=1S/C13H17FN2/c1-9-5-10(14)7-11(6-9)16-12(8-15)13(2,3)4/h5-7,12,16H,1-4H3. The van der Waals surface area contributed by atoms with E-state index >= 15 is 0 Å². The Labute approximate surface area is 96.1 Å². The first-order chi connectivity index (χ1) is 7.32. The van der Waals surface area contributed by atoms with Crippen LogP contribution in [0.1, 0.15) is 26.3 Å². The maximum absolute atomic E-state index is 13.2. The molecule has 0 heterocycles. The molecule has 0 saturated heterocycles. The van der Waals surface area contributed by atoms with Gasteiger partial charge in [-0.15, -0.1) is 0 Å². The normalized spacial score (nSPS) is 13.0. The van der Waals surface area contributed by atoms with Gasteiger partial charge in [0.25, 0.3) is 0 Å². The maximum atomic E-state index is 13.2. The number of rotatable bonds is 2. The van der Waals surface area contributed by atoms with Crippen LogP contribution in [0.5, 0.6) is 0 Å². The summed E-state index contributed by atoms with van der Waals surface area (Å²) < 4.78 is 13.2. The van der Waals surface area contributed by atoms with Crippen LogP contribution in [0.25, 0.3) is 0 Å². The number of nitriles is 1. The summed E-state index contributed by atoms with van der Waals surface area (Å²) in [5, 5.41) is 12.1. The summed E-state index contributed by atoms with van der Waals surface area (Å²) in [7, 11) is 0. The Morgan fingerprint density at radius 1 is 1.31 bits per heavy atom. The lowest BCUT2D eigenvalue weighted by Gasteiger charge is -2.26. The molecule has 0 aromatic heterocycles. The molecule has 0 aliphatic carbocycles. The van der Waals surface area contributed by atoms with Crippen molar-refractivity contribution in [1.82, 2.24) is 0 Å². The molecule has 1 aromatic carbocycles. The second kappa shape index (κ2) is 4.52.